The summed E-state index contributed by atoms with van der Waals surface area (Å²) in [7, 11) is 1.74. The second-order valence-electron chi connectivity index (χ2n) is 5.20. The Balaban J connectivity index is 2.12. The van der Waals surface area contributed by atoms with Gasteiger partial charge in [-0.1, -0.05) is 19.8 Å². The summed E-state index contributed by atoms with van der Waals surface area (Å²) in [5, 5.41) is 3.52. The third kappa shape index (κ3) is 5.84. The molecule has 1 aliphatic carbocycles. The molecule has 0 aromatic heterocycles. The maximum Gasteiger partial charge on any atom is 0.0487 e. The second kappa shape index (κ2) is 8.90. The monoisotopic (exact) mass is 243 g/mol. The Morgan fingerprint density at radius 3 is 2.53 bits per heavy atom. The highest BCUT2D eigenvalue weighted by Crippen LogP contribution is 2.40. The molecule has 0 aliphatic heterocycles. The standard InChI is InChI=1S/C14H29NO2/c1-3-15-13-14(7-4-5-8-14)9-12-17-11-6-10-16-2/h15H,3-13H2,1-2H3. The van der Waals surface area contributed by atoms with Crippen LogP contribution >= 0.6 is 0 Å². The van der Waals surface area contributed by atoms with Crippen molar-refractivity contribution < 1.29 is 9.47 Å². The summed E-state index contributed by atoms with van der Waals surface area (Å²) < 4.78 is 10.7. The zero-order chi connectivity index (χ0) is 12.4. The minimum absolute atomic E-state index is 0.525. The SMILES string of the molecule is CCNCC1(CCOCCCOC)CCCC1. The minimum atomic E-state index is 0.525. The highest BCUT2D eigenvalue weighted by atomic mass is 16.5. The van der Waals surface area contributed by atoms with Gasteiger partial charge in [-0.3, -0.25) is 0 Å². The molecule has 1 saturated carbocycles. The van der Waals surface area contributed by atoms with Crippen LogP contribution in [0.5, 0.6) is 0 Å². The Morgan fingerprint density at radius 1 is 1.12 bits per heavy atom. The maximum atomic E-state index is 5.69. The summed E-state index contributed by atoms with van der Waals surface area (Å²) in [5.41, 5.74) is 0.525. The van der Waals surface area contributed by atoms with Crippen LogP contribution in [0.3, 0.4) is 0 Å². The Labute approximate surface area is 106 Å². The van der Waals surface area contributed by atoms with Crippen LogP contribution in [-0.4, -0.2) is 40.0 Å². The van der Waals surface area contributed by atoms with Crippen molar-refractivity contribution in [3.8, 4) is 0 Å². The number of hydrogen-bond donors (Lipinski definition) is 1. The average molecular weight is 243 g/mol. The Bertz CT molecular complexity index is 179. The summed E-state index contributed by atoms with van der Waals surface area (Å²) in [6, 6.07) is 0. The lowest BCUT2D eigenvalue weighted by Gasteiger charge is -2.29. The molecule has 0 unspecified atom stereocenters. The van der Waals surface area contributed by atoms with Crippen molar-refractivity contribution in [1.29, 1.82) is 0 Å². The van der Waals surface area contributed by atoms with E-state index in [4.69, 9.17) is 9.47 Å². The van der Waals surface area contributed by atoms with Gasteiger partial charge in [-0.15, -0.1) is 0 Å². The predicted octanol–water partition coefficient (Wildman–Crippen LogP) is 2.60. The summed E-state index contributed by atoms with van der Waals surface area (Å²) in [5.74, 6) is 0. The van der Waals surface area contributed by atoms with Crippen LogP contribution in [-0.2, 0) is 9.47 Å². The van der Waals surface area contributed by atoms with E-state index >= 15 is 0 Å². The first-order chi connectivity index (χ1) is 8.33. The molecule has 102 valence electrons. The van der Waals surface area contributed by atoms with Gasteiger partial charge in [-0.05, 0) is 37.6 Å². The zero-order valence-corrected chi connectivity index (χ0v) is 11.6. The van der Waals surface area contributed by atoms with Crippen LogP contribution in [0.4, 0.5) is 0 Å². The molecule has 0 atom stereocenters. The smallest absolute Gasteiger partial charge is 0.0487 e. The van der Waals surface area contributed by atoms with Crippen molar-refractivity contribution >= 4 is 0 Å². The van der Waals surface area contributed by atoms with Gasteiger partial charge < -0.3 is 14.8 Å². The molecule has 0 radical (unpaired) electrons. The summed E-state index contributed by atoms with van der Waals surface area (Å²) in [6.07, 6.45) is 7.77. The van der Waals surface area contributed by atoms with E-state index in [1.165, 1.54) is 38.6 Å². The van der Waals surface area contributed by atoms with Crippen molar-refractivity contribution in [1.82, 2.24) is 5.32 Å². The van der Waals surface area contributed by atoms with E-state index in [0.717, 1.165) is 32.8 Å². The van der Waals surface area contributed by atoms with Crippen molar-refractivity contribution in [3.05, 3.63) is 0 Å². The lowest BCUT2D eigenvalue weighted by Crippen LogP contribution is -2.33. The molecule has 0 aromatic rings. The van der Waals surface area contributed by atoms with Gasteiger partial charge in [0, 0.05) is 33.5 Å². The molecular weight excluding hydrogens is 214 g/mol. The van der Waals surface area contributed by atoms with E-state index in [-0.39, 0.29) is 0 Å². The molecule has 3 nitrogen and oxygen atoms in total. The number of nitrogens with one attached hydrogen (secondary N) is 1. The van der Waals surface area contributed by atoms with Crippen molar-refractivity contribution in [3.63, 3.8) is 0 Å². The number of rotatable bonds is 10. The van der Waals surface area contributed by atoms with Gasteiger partial charge in [0.2, 0.25) is 0 Å². The molecule has 0 amide bonds. The second-order valence-corrected chi connectivity index (χ2v) is 5.20. The van der Waals surface area contributed by atoms with Crippen LogP contribution in [0.2, 0.25) is 0 Å². The molecule has 1 aliphatic rings. The summed E-state index contributed by atoms with van der Waals surface area (Å²) in [4.78, 5) is 0. The first kappa shape index (κ1) is 14.9. The van der Waals surface area contributed by atoms with Crippen LogP contribution < -0.4 is 5.32 Å². The first-order valence-electron chi connectivity index (χ1n) is 7.10. The number of ether oxygens (including phenoxy) is 2. The van der Waals surface area contributed by atoms with E-state index < -0.39 is 0 Å². The fraction of sp³-hybridized carbons (Fsp3) is 1.00. The van der Waals surface area contributed by atoms with E-state index in [1.807, 2.05) is 0 Å². The molecule has 3 heteroatoms. The van der Waals surface area contributed by atoms with Crippen molar-refractivity contribution in [2.24, 2.45) is 5.41 Å². The summed E-state index contributed by atoms with van der Waals surface area (Å²) >= 11 is 0. The van der Waals surface area contributed by atoms with E-state index in [1.54, 1.807) is 7.11 Å². The number of methoxy groups -OCH3 is 1. The van der Waals surface area contributed by atoms with Gasteiger partial charge in [0.25, 0.3) is 0 Å². The normalized spacial score (nSPS) is 18.7. The van der Waals surface area contributed by atoms with Crippen molar-refractivity contribution in [2.45, 2.75) is 45.4 Å². The van der Waals surface area contributed by atoms with Crippen LogP contribution in [0, 0.1) is 5.41 Å². The topological polar surface area (TPSA) is 30.5 Å². The third-order valence-electron chi connectivity index (χ3n) is 3.83. The molecule has 1 N–H and O–H groups in total. The van der Waals surface area contributed by atoms with Crippen LogP contribution in [0.1, 0.15) is 45.4 Å². The Morgan fingerprint density at radius 2 is 1.88 bits per heavy atom. The summed E-state index contributed by atoms with van der Waals surface area (Å²) in [6.45, 7) is 6.99. The van der Waals surface area contributed by atoms with Gasteiger partial charge >= 0.3 is 0 Å². The number of hydrogen-bond acceptors (Lipinski definition) is 3. The molecule has 0 saturated heterocycles. The average Bonchev–Trinajstić information content (AvgIpc) is 2.80. The molecule has 0 heterocycles. The fourth-order valence-corrected chi connectivity index (χ4v) is 2.73. The van der Waals surface area contributed by atoms with Gasteiger partial charge in [0.05, 0.1) is 0 Å². The third-order valence-corrected chi connectivity index (χ3v) is 3.83. The molecule has 0 bridgehead atoms. The fourth-order valence-electron chi connectivity index (χ4n) is 2.73. The zero-order valence-electron chi connectivity index (χ0n) is 11.6. The largest absolute Gasteiger partial charge is 0.385 e. The Kier molecular flexibility index (Phi) is 7.82. The molecule has 17 heavy (non-hydrogen) atoms. The van der Waals surface area contributed by atoms with Crippen LogP contribution in [0.25, 0.3) is 0 Å². The lowest BCUT2D eigenvalue weighted by molar-refractivity contribution is 0.0765. The predicted molar refractivity (Wildman–Crippen MR) is 71.4 cm³/mol. The van der Waals surface area contributed by atoms with E-state index in [9.17, 15) is 0 Å². The molecule has 0 spiro atoms. The van der Waals surface area contributed by atoms with Gasteiger partial charge in [0.1, 0.15) is 0 Å². The van der Waals surface area contributed by atoms with E-state index in [2.05, 4.69) is 12.2 Å². The maximum absolute atomic E-state index is 5.69. The van der Waals surface area contributed by atoms with Crippen LogP contribution in [0.15, 0.2) is 0 Å². The molecule has 0 aromatic carbocycles. The van der Waals surface area contributed by atoms with Crippen molar-refractivity contribution in [2.75, 3.05) is 40.0 Å². The highest BCUT2D eigenvalue weighted by molar-refractivity contribution is 4.86. The van der Waals surface area contributed by atoms with Gasteiger partial charge in [0.15, 0.2) is 0 Å². The molecule has 1 fully saturated rings. The quantitative estimate of drug-likeness (QED) is 0.598. The first-order valence-corrected chi connectivity index (χ1v) is 7.10. The van der Waals surface area contributed by atoms with Gasteiger partial charge in [-0.2, -0.15) is 0 Å². The Hall–Kier alpha value is -0.120. The molecular formula is C14H29NO2. The molecule has 1 rings (SSSR count). The highest BCUT2D eigenvalue weighted by Gasteiger charge is 2.32. The van der Waals surface area contributed by atoms with E-state index in [0.29, 0.717) is 5.41 Å². The lowest BCUT2D eigenvalue weighted by atomic mass is 9.83. The van der Waals surface area contributed by atoms with Gasteiger partial charge in [-0.25, -0.2) is 0 Å². The minimum Gasteiger partial charge on any atom is -0.385 e.